The van der Waals surface area contributed by atoms with Crippen LogP contribution < -0.4 is 5.32 Å². The highest BCUT2D eigenvalue weighted by Crippen LogP contribution is 2.29. The maximum Gasteiger partial charge on any atom is 0.263 e. The summed E-state index contributed by atoms with van der Waals surface area (Å²) < 4.78 is 1.22. The fourth-order valence-electron chi connectivity index (χ4n) is 2.67. The highest BCUT2D eigenvalue weighted by atomic mass is 32.1. The Morgan fingerprint density at radius 3 is 2.85 bits per heavy atom. The Balaban J connectivity index is 1.32. The molecule has 0 aliphatic rings. The highest BCUT2D eigenvalue weighted by Gasteiger charge is 2.16. The lowest BCUT2D eigenvalue weighted by molar-refractivity contribution is 0.0956. The maximum absolute atomic E-state index is 12.4. The number of nitrogens with zero attached hydrogens (tertiary/aromatic N) is 2. The van der Waals surface area contributed by atoms with Gasteiger partial charge in [-0.05, 0) is 36.9 Å². The molecule has 0 saturated heterocycles. The zero-order valence-electron chi connectivity index (χ0n) is 14.2. The predicted molar refractivity (Wildman–Crippen MR) is 110 cm³/mol. The van der Waals surface area contributed by atoms with E-state index in [0.717, 1.165) is 39.6 Å². The fraction of sp³-hybridized carbons (Fsp3) is 0.211. The van der Waals surface area contributed by atoms with Crippen molar-refractivity contribution in [2.24, 2.45) is 0 Å². The number of thiazole rings is 2. The van der Waals surface area contributed by atoms with Crippen molar-refractivity contribution in [3.63, 3.8) is 0 Å². The Kier molecular flexibility index (Phi) is 5.10. The predicted octanol–water partition coefficient (Wildman–Crippen LogP) is 5.15. The molecule has 4 aromatic rings. The number of benzene rings is 1. The molecule has 0 saturated carbocycles. The number of carbonyl (C=O) groups is 1. The lowest BCUT2D eigenvalue weighted by Crippen LogP contribution is -2.24. The minimum Gasteiger partial charge on any atom is -0.351 e. The van der Waals surface area contributed by atoms with E-state index in [1.807, 2.05) is 36.6 Å². The molecule has 0 bridgehead atoms. The third kappa shape index (κ3) is 3.70. The molecule has 1 aromatic carbocycles. The standard InChI is InChI=1S/C19H17N3OS3/c1-12-17(26-19(21-12)13-8-10-24-11-13)18(23)20-9-4-7-16-22-14-5-2-3-6-15(14)25-16/h2-3,5-6,8,10-11H,4,7,9H2,1H3,(H,20,23). The first-order chi connectivity index (χ1) is 12.7. The van der Waals surface area contributed by atoms with Crippen molar-refractivity contribution in [2.45, 2.75) is 19.8 Å². The van der Waals surface area contributed by atoms with Gasteiger partial charge < -0.3 is 5.32 Å². The molecule has 7 heteroatoms. The second kappa shape index (κ2) is 7.65. The van der Waals surface area contributed by atoms with Crippen LogP contribution in [0.5, 0.6) is 0 Å². The lowest BCUT2D eigenvalue weighted by Gasteiger charge is -2.02. The molecule has 4 rings (SSSR count). The number of nitrogens with one attached hydrogen (secondary N) is 1. The molecule has 132 valence electrons. The first kappa shape index (κ1) is 17.3. The number of hydrogen-bond acceptors (Lipinski definition) is 6. The van der Waals surface area contributed by atoms with Crippen LogP contribution in [0, 0.1) is 6.92 Å². The lowest BCUT2D eigenvalue weighted by atomic mass is 10.3. The van der Waals surface area contributed by atoms with E-state index in [1.54, 1.807) is 22.7 Å². The van der Waals surface area contributed by atoms with Crippen LogP contribution in [0.2, 0.25) is 0 Å². The molecule has 0 aliphatic carbocycles. The van der Waals surface area contributed by atoms with Gasteiger partial charge in [0.1, 0.15) is 9.88 Å². The Hall–Kier alpha value is -2.09. The molecule has 0 spiro atoms. The minimum atomic E-state index is -0.0363. The van der Waals surface area contributed by atoms with Gasteiger partial charge in [0, 0.05) is 23.9 Å². The van der Waals surface area contributed by atoms with E-state index in [4.69, 9.17) is 0 Å². The Bertz CT molecular complexity index is 1000. The molecule has 3 aromatic heterocycles. The molecular weight excluding hydrogens is 382 g/mol. The number of thiophene rings is 1. The number of amides is 1. The van der Waals surface area contributed by atoms with Crippen molar-refractivity contribution in [3.05, 3.63) is 56.7 Å². The normalized spacial score (nSPS) is 11.1. The van der Waals surface area contributed by atoms with E-state index in [2.05, 4.69) is 26.7 Å². The van der Waals surface area contributed by atoms with Crippen molar-refractivity contribution in [2.75, 3.05) is 6.54 Å². The van der Waals surface area contributed by atoms with E-state index in [9.17, 15) is 4.79 Å². The molecule has 0 atom stereocenters. The Morgan fingerprint density at radius 1 is 1.15 bits per heavy atom. The summed E-state index contributed by atoms with van der Waals surface area (Å²) >= 11 is 4.82. The largest absolute Gasteiger partial charge is 0.351 e. The molecule has 0 unspecified atom stereocenters. The summed E-state index contributed by atoms with van der Waals surface area (Å²) in [4.78, 5) is 22.3. The van der Waals surface area contributed by atoms with Gasteiger partial charge in [0.15, 0.2) is 0 Å². The number of hydrogen-bond donors (Lipinski definition) is 1. The molecule has 0 radical (unpaired) electrons. The third-order valence-corrected chi connectivity index (χ3v) is 6.95. The summed E-state index contributed by atoms with van der Waals surface area (Å²) in [5.41, 5.74) is 2.93. The summed E-state index contributed by atoms with van der Waals surface area (Å²) in [5, 5.41) is 9.11. The topological polar surface area (TPSA) is 54.9 Å². The smallest absolute Gasteiger partial charge is 0.263 e. The quantitative estimate of drug-likeness (QED) is 0.456. The zero-order valence-corrected chi connectivity index (χ0v) is 16.6. The number of aromatic nitrogens is 2. The second-order valence-corrected chi connectivity index (χ2v) is 8.77. The Labute approximate surface area is 163 Å². The van der Waals surface area contributed by atoms with E-state index in [-0.39, 0.29) is 5.91 Å². The monoisotopic (exact) mass is 399 g/mol. The molecule has 4 nitrogen and oxygen atoms in total. The van der Waals surface area contributed by atoms with Crippen LogP contribution >= 0.6 is 34.0 Å². The van der Waals surface area contributed by atoms with Gasteiger partial charge in [-0.2, -0.15) is 11.3 Å². The van der Waals surface area contributed by atoms with Gasteiger partial charge in [-0.15, -0.1) is 22.7 Å². The molecule has 3 heterocycles. The maximum atomic E-state index is 12.4. The van der Waals surface area contributed by atoms with Gasteiger partial charge in [0.05, 0.1) is 20.9 Å². The summed E-state index contributed by atoms with van der Waals surface area (Å²) in [7, 11) is 0. The van der Waals surface area contributed by atoms with E-state index in [1.165, 1.54) is 16.0 Å². The van der Waals surface area contributed by atoms with Gasteiger partial charge in [-0.1, -0.05) is 12.1 Å². The molecule has 1 N–H and O–H groups in total. The van der Waals surface area contributed by atoms with E-state index >= 15 is 0 Å². The summed E-state index contributed by atoms with van der Waals surface area (Å²) in [6.07, 6.45) is 1.75. The van der Waals surface area contributed by atoms with Crippen LogP contribution in [0.1, 0.15) is 26.8 Å². The van der Waals surface area contributed by atoms with Gasteiger partial charge in [0.25, 0.3) is 5.91 Å². The van der Waals surface area contributed by atoms with Crippen LogP contribution in [0.4, 0.5) is 0 Å². The first-order valence-corrected chi connectivity index (χ1v) is 10.9. The van der Waals surface area contributed by atoms with E-state index in [0.29, 0.717) is 11.4 Å². The highest BCUT2D eigenvalue weighted by molar-refractivity contribution is 7.18. The summed E-state index contributed by atoms with van der Waals surface area (Å²) in [6.45, 7) is 2.53. The van der Waals surface area contributed by atoms with Gasteiger partial charge in [0.2, 0.25) is 0 Å². The third-order valence-electron chi connectivity index (χ3n) is 3.96. The minimum absolute atomic E-state index is 0.0363. The summed E-state index contributed by atoms with van der Waals surface area (Å²) in [5.74, 6) is -0.0363. The SMILES string of the molecule is Cc1nc(-c2ccsc2)sc1C(=O)NCCCc1nc2ccccc2s1. The number of carbonyl (C=O) groups excluding carboxylic acids is 1. The zero-order chi connectivity index (χ0) is 17.9. The average molecular weight is 400 g/mol. The molecule has 1 amide bonds. The molecule has 0 aliphatic heterocycles. The van der Waals surface area contributed by atoms with Gasteiger partial charge in [-0.25, -0.2) is 9.97 Å². The van der Waals surface area contributed by atoms with Crippen molar-refractivity contribution in [1.82, 2.24) is 15.3 Å². The van der Waals surface area contributed by atoms with Crippen LogP contribution in [-0.2, 0) is 6.42 Å². The number of rotatable bonds is 6. The number of aryl methyl sites for hydroxylation is 2. The second-order valence-electron chi connectivity index (χ2n) is 5.88. The van der Waals surface area contributed by atoms with Crippen molar-refractivity contribution < 1.29 is 4.79 Å². The van der Waals surface area contributed by atoms with Crippen LogP contribution in [-0.4, -0.2) is 22.4 Å². The Morgan fingerprint density at radius 2 is 2.04 bits per heavy atom. The van der Waals surface area contributed by atoms with Gasteiger partial charge in [-0.3, -0.25) is 4.79 Å². The fourth-order valence-corrected chi connectivity index (χ4v) is 5.37. The summed E-state index contributed by atoms with van der Waals surface area (Å²) in [6, 6.07) is 10.2. The van der Waals surface area contributed by atoms with Crippen LogP contribution in [0.25, 0.3) is 20.8 Å². The first-order valence-electron chi connectivity index (χ1n) is 8.33. The number of fused-ring (bicyclic) bond motifs is 1. The van der Waals surface area contributed by atoms with E-state index < -0.39 is 0 Å². The molecule has 26 heavy (non-hydrogen) atoms. The molecular formula is C19H17N3OS3. The average Bonchev–Trinajstić information content (AvgIpc) is 3.36. The van der Waals surface area contributed by atoms with Gasteiger partial charge >= 0.3 is 0 Å². The number of para-hydroxylation sites is 1. The molecule has 0 fully saturated rings. The van der Waals surface area contributed by atoms with Crippen molar-refractivity contribution in [3.8, 4) is 10.6 Å². The van der Waals surface area contributed by atoms with Crippen LogP contribution in [0.15, 0.2) is 41.1 Å². The van der Waals surface area contributed by atoms with Crippen molar-refractivity contribution in [1.29, 1.82) is 0 Å². The van der Waals surface area contributed by atoms with Crippen LogP contribution in [0.3, 0.4) is 0 Å². The van der Waals surface area contributed by atoms with Crippen molar-refractivity contribution >= 4 is 50.1 Å².